The van der Waals surface area contributed by atoms with Gasteiger partial charge in [0.2, 0.25) is 0 Å². The first kappa shape index (κ1) is 20.2. The van der Waals surface area contributed by atoms with Gasteiger partial charge in [-0.3, -0.25) is 9.78 Å². The van der Waals surface area contributed by atoms with Gasteiger partial charge < -0.3 is 20.1 Å². The smallest absolute Gasteiger partial charge is 0.377 e. The lowest BCUT2D eigenvalue weighted by atomic mass is 10.0. The molecular formula is C21H22N4O5. The van der Waals surface area contributed by atoms with Crippen LogP contribution in [-0.2, 0) is 17.3 Å². The predicted octanol–water partition coefficient (Wildman–Crippen LogP) is 1.06. The van der Waals surface area contributed by atoms with Gasteiger partial charge in [-0.25, -0.2) is 9.08 Å². The zero-order valence-electron chi connectivity index (χ0n) is 16.8. The number of ether oxygens (including phenoxy) is 1. The molecule has 4 aromatic rings. The molecule has 0 unspecified atom stereocenters. The largest absolute Gasteiger partial charge is 0.384 e. The van der Waals surface area contributed by atoms with E-state index in [-0.39, 0.29) is 11.0 Å². The van der Waals surface area contributed by atoms with Crippen LogP contribution in [0.1, 0.15) is 17.1 Å². The minimum absolute atomic E-state index is 0.0466. The van der Waals surface area contributed by atoms with E-state index in [0.29, 0.717) is 28.8 Å². The predicted molar refractivity (Wildman–Crippen MR) is 110 cm³/mol. The van der Waals surface area contributed by atoms with Gasteiger partial charge in [-0.1, -0.05) is 6.07 Å². The number of aliphatic hydroxyl groups is 3. The summed E-state index contributed by atoms with van der Waals surface area (Å²) in [5, 5.41) is 34.1. The fourth-order valence-corrected chi connectivity index (χ4v) is 3.67. The van der Waals surface area contributed by atoms with E-state index in [2.05, 4.69) is 10.1 Å². The fraction of sp³-hybridized carbons (Fsp3) is 0.286. The van der Waals surface area contributed by atoms with E-state index in [1.807, 2.05) is 32.0 Å². The SMILES string of the molecule is COCCc1cc2n(C(O)(O)O)c(=O)c3ccc(-c4cc(C)nc(C)c4)cc3n2n1. The molecule has 3 N–H and O–H groups in total. The average Bonchev–Trinajstić information content (AvgIpc) is 3.08. The minimum Gasteiger partial charge on any atom is -0.384 e. The second-order valence-corrected chi connectivity index (χ2v) is 7.26. The number of methoxy groups -OCH3 is 1. The highest BCUT2D eigenvalue weighted by molar-refractivity contribution is 5.85. The number of hydrogen-bond acceptors (Lipinski definition) is 7. The minimum atomic E-state index is -3.37. The molecule has 0 saturated heterocycles. The quantitative estimate of drug-likeness (QED) is 0.421. The summed E-state index contributed by atoms with van der Waals surface area (Å²) in [5.41, 5.74) is 3.88. The number of aromatic nitrogens is 4. The highest BCUT2D eigenvalue weighted by Gasteiger charge is 2.28. The molecule has 3 aromatic heterocycles. The van der Waals surface area contributed by atoms with Gasteiger partial charge in [0.25, 0.3) is 5.56 Å². The molecule has 0 saturated carbocycles. The van der Waals surface area contributed by atoms with Crippen LogP contribution >= 0.6 is 0 Å². The van der Waals surface area contributed by atoms with Crippen LogP contribution < -0.4 is 5.56 Å². The average molecular weight is 410 g/mol. The maximum atomic E-state index is 13.0. The highest BCUT2D eigenvalue weighted by Crippen LogP contribution is 2.26. The van der Waals surface area contributed by atoms with Crippen LogP contribution in [0.5, 0.6) is 0 Å². The summed E-state index contributed by atoms with van der Waals surface area (Å²) in [5.74, 6) is 0. The summed E-state index contributed by atoms with van der Waals surface area (Å²) in [6, 6.07) is 10.6. The first-order chi connectivity index (χ1) is 14.2. The Bertz CT molecular complexity index is 1300. The Labute approximate surface area is 171 Å². The van der Waals surface area contributed by atoms with E-state index in [1.54, 1.807) is 19.2 Å². The molecule has 156 valence electrons. The lowest BCUT2D eigenvalue weighted by Gasteiger charge is -2.19. The molecular weight excluding hydrogens is 388 g/mol. The maximum Gasteiger partial charge on any atom is 0.377 e. The number of aryl methyl sites for hydroxylation is 2. The van der Waals surface area contributed by atoms with E-state index >= 15 is 0 Å². The number of pyridine rings is 1. The molecule has 9 heteroatoms. The molecule has 0 spiro atoms. The van der Waals surface area contributed by atoms with Crippen molar-refractivity contribution in [2.75, 3.05) is 13.7 Å². The summed E-state index contributed by atoms with van der Waals surface area (Å²) in [7, 11) is 1.56. The van der Waals surface area contributed by atoms with Crippen LogP contribution in [0.25, 0.3) is 27.7 Å². The summed E-state index contributed by atoms with van der Waals surface area (Å²) in [6.07, 6.45) is -2.92. The van der Waals surface area contributed by atoms with Gasteiger partial charge >= 0.3 is 6.10 Å². The molecule has 0 fully saturated rings. The van der Waals surface area contributed by atoms with Crippen LogP contribution in [0.3, 0.4) is 0 Å². The molecule has 30 heavy (non-hydrogen) atoms. The Hall–Kier alpha value is -3.11. The monoisotopic (exact) mass is 410 g/mol. The summed E-state index contributed by atoms with van der Waals surface area (Å²) >= 11 is 0. The number of nitrogens with zero attached hydrogens (tertiary/aromatic N) is 4. The number of benzene rings is 1. The lowest BCUT2D eigenvalue weighted by molar-refractivity contribution is -0.374. The van der Waals surface area contributed by atoms with Crippen LogP contribution in [-0.4, -0.2) is 48.2 Å². The van der Waals surface area contributed by atoms with E-state index in [9.17, 15) is 20.1 Å². The normalized spacial score (nSPS) is 12.2. The zero-order valence-corrected chi connectivity index (χ0v) is 16.8. The third-order valence-corrected chi connectivity index (χ3v) is 4.91. The molecule has 0 amide bonds. The van der Waals surface area contributed by atoms with Gasteiger partial charge in [0, 0.05) is 31.0 Å². The molecule has 3 heterocycles. The molecule has 9 nitrogen and oxygen atoms in total. The second-order valence-electron chi connectivity index (χ2n) is 7.26. The van der Waals surface area contributed by atoms with Crippen molar-refractivity contribution < 1.29 is 20.1 Å². The van der Waals surface area contributed by atoms with Crippen molar-refractivity contribution in [1.82, 2.24) is 19.2 Å². The van der Waals surface area contributed by atoms with Gasteiger partial charge in [0.1, 0.15) is 5.65 Å². The second kappa shape index (κ2) is 7.29. The summed E-state index contributed by atoms with van der Waals surface area (Å²) < 4.78 is 7.00. The van der Waals surface area contributed by atoms with Crippen LogP contribution in [0, 0.1) is 13.8 Å². The fourth-order valence-electron chi connectivity index (χ4n) is 3.67. The highest BCUT2D eigenvalue weighted by atomic mass is 16.7. The summed E-state index contributed by atoms with van der Waals surface area (Å²) in [6.45, 7) is 4.22. The standard InChI is InChI=1S/C21H22N4O5/c1-12-8-15(9-13(2)22-12)14-4-5-17-18(10-14)25-19(11-16(23-25)6-7-30-3)24(20(17)26)21(27,28)29/h4-5,8-11,27-29H,6-7H2,1-3H3. The number of fused-ring (bicyclic) bond motifs is 3. The molecule has 0 aliphatic rings. The molecule has 0 atom stereocenters. The molecule has 0 bridgehead atoms. The number of hydrogen-bond donors (Lipinski definition) is 3. The lowest BCUT2D eigenvalue weighted by Crippen LogP contribution is -2.41. The van der Waals surface area contributed by atoms with E-state index < -0.39 is 11.7 Å². The van der Waals surface area contributed by atoms with Gasteiger partial charge in [-0.2, -0.15) is 5.10 Å². The molecule has 1 aromatic carbocycles. The maximum absolute atomic E-state index is 13.0. The Morgan fingerprint density at radius 3 is 2.37 bits per heavy atom. The van der Waals surface area contributed by atoms with Crippen molar-refractivity contribution in [3.05, 3.63) is 63.8 Å². The van der Waals surface area contributed by atoms with Gasteiger partial charge in [-0.05, 0) is 49.2 Å². The molecule has 0 aliphatic carbocycles. The van der Waals surface area contributed by atoms with Crippen molar-refractivity contribution in [2.24, 2.45) is 0 Å². The van der Waals surface area contributed by atoms with Crippen molar-refractivity contribution in [3.63, 3.8) is 0 Å². The van der Waals surface area contributed by atoms with Crippen molar-refractivity contribution in [1.29, 1.82) is 0 Å². The Balaban J connectivity index is 2.05. The first-order valence-electron chi connectivity index (χ1n) is 9.38. The van der Waals surface area contributed by atoms with Crippen molar-refractivity contribution in [2.45, 2.75) is 26.4 Å². The first-order valence-corrected chi connectivity index (χ1v) is 9.38. The van der Waals surface area contributed by atoms with Gasteiger partial charge in [-0.15, -0.1) is 0 Å². The zero-order chi connectivity index (χ0) is 21.6. The van der Waals surface area contributed by atoms with Crippen molar-refractivity contribution >= 4 is 16.6 Å². The van der Waals surface area contributed by atoms with Crippen molar-refractivity contribution in [3.8, 4) is 11.1 Å². The van der Waals surface area contributed by atoms with Crippen LogP contribution in [0.15, 0.2) is 41.2 Å². The molecule has 4 rings (SSSR count). The topological polar surface area (TPSA) is 122 Å². The van der Waals surface area contributed by atoms with Crippen LogP contribution in [0.4, 0.5) is 0 Å². The molecule has 0 radical (unpaired) electrons. The van der Waals surface area contributed by atoms with E-state index in [4.69, 9.17) is 4.74 Å². The Morgan fingerprint density at radius 1 is 1.03 bits per heavy atom. The van der Waals surface area contributed by atoms with Gasteiger partial charge in [0.05, 0.1) is 23.2 Å². The number of rotatable bonds is 5. The molecule has 0 aliphatic heterocycles. The Kier molecular flexibility index (Phi) is 4.91. The Morgan fingerprint density at radius 2 is 1.73 bits per heavy atom. The third kappa shape index (κ3) is 3.48. The van der Waals surface area contributed by atoms with Crippen LogP contribution in [0.2, 0.25) is 0 Å². The van der Waals surface area contributed by atoms with E-state index in [0.717, 1.165) is 22.5 Å². The summed E-state index contributed by atoms with van der Waals surface area (Å²) in [4.78, 5) is 17.4. The van der Waals surface area contributed by atoms with Gasteiger partial charge in [0.15, 0.2) is 0 Å². The third-order valence-electron chi connectivity index (χ3n) is 4.91. The van der Waals surface area contributed by atoms with E-state index in [1.165, 1.54) is 10.6 Å².